The molecule has 4 nitrogen and oxygen atoms in total. The number of hydrogen-bond acceptors (Lipinski definition) is 3. The molecule has 2 atom stereocenters. The van der Waals surface area contributed by atoms with Crippen molar-refractivity contribution in [2.75, 3.05) is 13.2 Å². The Balaban J connectivity index is 2.27. The van der Waals surface area contributed by atoms with E-state index >= 15 is 0 Å². The summed E-state index contributed by atoms with van der Waals surface area (Å²) in [5.41, 5.74) is 0. The minimum atomic E-state index is -0.287. The van der Waals surface area contributed by atoms with Crippen molar-refractivity contribution in [2.45, 2.75) is 52.1 Å². The molecule has 0 aromatic carbocycles. The summed E-state index contributed by atoms with van der Waals surface area (Å²) in [5, 5.41) is 6.37. The largest absolute Gasteiger partial charge is 0.450 e. The lowest BCUT2D eigenvalue weighted by molar-refractivity contribution is 0.146. The van der Waals surface area contributed by atoms with E-state index in [-0.39, 0.29) is 12.1 Å². The van der Waals surface area contributed by atoms with Gasteiger partial charge < -0.3 is 15.4 Å². The molecule has 0 radical (unpaired) electrons. The average molecular weight is 228 g/mol. The SMILES string of the molecule is CCOC(=O)NC(CNC(C)CC)C1CC1. The van der Waals surface area contributed by atoms with Gasteiger partial charge in [-0.3, -0.25) is 0 Å². The Morgan fingerprint density at radius 1 is 1.44 bits per heavy atom. The Morgan fingerprint density at radius 2 is 2.12 bits per heavy atom. The van der Waals surface area contributed by atoms with Gasteiger partial charge in [0.2, 0.25) is 0 Å². The zero-order chi connectivity index (χ0) is 12.0. The van der Waals surface area contributed by atoms with Gasteiger partial charge in [-0.05, 0) is 39.0 Å². The molecule has 0 aliphatic heterocycles. The van der Waals surface area contributed by atoms with E-state index in [0.717, 1.165) is 13.0 Å². The number of nitrogens with one attached hydrogen (secondary N) is 2. The van der Waals surface area contributed by atoms with Crippen LogP contribution in [0.15, 0.2) is 0 Å². The average Bonchev–Trinajstić information content (AvgIpc) is 3.07. The van der Waals surface area contributed by atoms with Crippen LogP contribution in [0.2, 0.25) is 0 Å². The highest BCUT2D eigenvalue weighted by atomic mass is 16.5. The van der Waals surface area contributed by atoms with Crippen LogP contribution in [0.25, 0.3) is 0 Å². The fraction of sp³-hybridized carbons (Fsp3) is 0.917. The maximum Gasteiger partial charge on any atom is 0.407 e. The van der Waals surface area contributed by atoms with Gasteiger partial charge in [0.15, 0.2) is 0 Å². The Kier molecular flexibility index (Phi) is 5.60. The summed E-state index contributed by atoms with van der Waals surface area (Å²) < 4.78 is 4.91. The van der Waals surface area contributed by atoms with Crippen molar-refractivity contribution >= 4 is 6.09 Å². The third kappa shape index (κ3) is 4.84. The standard InChI is InChI=1S/C12H24N2O2/c1-4-9(3)13-8-11(10-6-7-10)14-12(15)16-5-2/h9-11,13H,4-8H2,1-3H3,(H,14,15). The van der Waals surface area contributed by atoms with Gasteiger partial charge in [0.05, 0.1) is 6.61 Å². The quantitative estimate of drug-likeness (QED) is 0.699. The summed E-state index contributed by atoms with van der Waals surface area (Å²) in [6.45, 7) is 7.42. The monoisotopic (exact) mass is 228 g/mol. The van der Waals surface area contributed by atoms with Crippen molar-refractivity contribution in [2.24, 2.45) is 5.92 Å². The fourth-order valence-electron chi connectivity index (χ4n) is 1.63. The molecular weight excluding hydrogens is 204 g/mol. The van der Waals surface area contributed by atoms with Crippen molar-refractivity contribution in [1.29, 1.82) is 0 Å². The molecule has 16 heavy (non-hydrogen) atoms. The van der Waals surface area contributed by atoms with Crippen molar-refractivity contribution < 1.29 is 9.53 Å². The van der Waals surface area contributed by atoms with E-state index in [0.29, 0.717) is 18.6 Å². The molecule has 0 saturated heterocycles. The molecule has 0 heterocycles. The Morgan fingerprint density at radius 3 is 2.62 bits per heavy atom. The number of alkyl carbamates (subject to hydrolysis) is 1. The van der Waals surface area contributed by atoms with E-state index in [2.05, 4.69) is 24.5 Å². The molecule has 1 rings (SSSR count). The van der Waals surface area contributed by atoms with Crippen LogP contribution in [0, 0.1) is 5.92 Å². The molecule has 4 heteroatoms. The third-order valence-electron chi connectivity index (χ3n) is 3.07. The molecule has 2 N–H and O–H groups in total. The second-order valence-electron chi connectivity index (χ2n) is 4.53. The molecule has 1 amide bonds. The van der Waals surface area contributed by atoms with E-state index in [1.165, 1.54) is 12.8 Å². The van der Waals surface area contributed by atoms with Crippen LogP contribution >= 0.6 is 0 Å². The van der Waals surface area contributed by atoms with E-state index < -0.39 is 0 Å². The summed E-state index contributed by atoms with van der Waals surface area (Å²) in [7, 11) is 0. The molecule has 0 aromatic heterocycles. The molecule has 94 valence electrons. The summed E-state index contributed by atoms with van der Waals surface area (Å²) in [5.74, 6) is 0.640. The first-order chi connectivity index (χ1) is 7.67. The van der Waals surface area contributed by atoms with Gasteiger partial charge in [0.25, 0.3) is 0 Å². The number of rotatable bonds is 7. The normalized spacial score (nSPS) is 18.9. The zero-order valence-corrected chi connectivity index (χ0v) is 10.6. The second-order valence-corrected chi connectivity index (χ2v) is 4.53. The molecule has 1 aliphatic carbocycles. The van der Waals surface area contributed by atoms with E-state index in [4.69, 9.17) is 4.74 Å². The molecule has 1 saturated carbocycles. The molecule has 0 spiro atoms. The Bertz CT molecular complexity index is 217. The van der Waals surface area contributed by atoms with Gasteiger partial charge in [-0.2, -0.15) is 0 Å². The topological polar surface area (TPSA) is 50.4 Å². The van der Waals surface area contributed by atoms with Gasteiger partial charge in [-0.25, -0.2) is 4.79 Å². The summed E-state index contributed by atoms with van der Waals surface area (Å²) in [6.07, 6.45) is 3.26. The van der Waals surface area contributed by atoms with E-state index in [1.807, 2.05) is 6.92 Å². The van der Waals surface area contributed by atoms with Gasteiger partial charge in [0.1, 0.15) is 0 Å². The predicted octanol–water partition coefficient (Wildman–Crippen LogP) is 1.90. The van der Waals surface area contributed by atoms with Crippen molar-refractivity contribution in [1.82, 2.24) is 10.6 Å². The highest BCUT2D eigenvalue weighted by Gasteiger charge is 2.32. The summed E-state index contributed by atoms with van der Waals surface area (Å²) in [6, 6.07) is 0.735. The molecule has 0 aromatic rings. The molecule has 0 bridgehead atoms. The van der Waals surface area contributed by atoms with Crippen molar-refractivity contribution in [3.05, 3.63) is 0 Å². The number of carbonyl (C=O) groups excluding carboxylic acids is 1. The first kappa shape index (κ1) is 13.3. The lowest BCUT2D eigenvalue weighted by Crippen LogP contribution is -2.45. The highest BCUT2D eigenvalue weighted by molar-refractivity contribution is 5.67. The Hall–Kier alpha value is -0.770. The maximum absolute atomic E-state index is 11.3. The van der Waals surface area contributed by atoms with Crippen LogP contribution in [-0.4, -0.2) is 31.3 Å². The summed E-state index contributed by atoms with van der Waals surface area (Å²) in [4.78, 5) is 11.3. The van der Waals surface area contributed by atoms with Crippen LogP contribution in [0.4, 0.5) is 4.79 Å². The third-order valence-corrected chi connectivity index (χ3v) is 3.07. The number of amides is 1. The van der Waals surface area contributed by atoms with E-state index in [1.54, 1.807) is 0 Å². The van der Waals surface area contributed by atoms with Gasteiger partial charge >= 0.3 is 6.09 Å². The molecule has 1 fully saturated rings. The highest BCUT2D eigenvalue weighted by Crippen LogP contribution is 2.32. The smallest absolute Gasteiger partial charge is 0.407 e. The molecule has 1 aliphatic rings. The molecular formula is C12H24N2O2. The van der Waals surface area contributed by atoms with Crippen LogP contribution in [0.3, 0.4) is 0 Å². The van der Waals surface area contributed by atoms with Crippen LogP contribution in [-0.2, 0) is 4.74 Å². The van der Waals surface area contributed by atoms with Gasteiger partial charge in [-0.1, -0.05) is 6.92 Å². The number of hydrogen-bond donors (Lipinski definition) is 2. The Labute approximate surface area is 98.1 Å². The fourth-order valence-corrected chi connectivity index (χ4v) is 1.63. The number of ether oxygens (including phenoxy) is 1. The summed E-state index contributed by atoms with van der Waals surface area (Å²) >= 11 is 0. The van der Waals surface area contributed by atoms with Crippen LogP contribution < -0.4 is 10.6 Å². The predicted molar refractivity (Wildman–Crippen MR) is 64.4 cm³/mol. The number of carbonyl (C=O) groups is 1. The maximum atomic E-state index is 11.3. The minimum absolute atomic E-state index is 0.230. The molecule has 2 unspecified atom stereocenters. The van der Waals surface area contributed by atoms with Crippen molar-refractivity contribution in [3.63, 3.8) is 0 Å². The van der Waals surface area contributed by atoms with E-state index in [9.17, 15) is 4.79 Å². The zero-order valence-electron chi connectivity index (χ0n) is 10.6. The van der Waals surface area contributed by atoms with Crippen molar-refractivity contribution in [3.8, 4) is 0 Å². The minimum Gasteiger partial charge on any atom is -0.450 e. The first-order valence-electron chi connectivity index (χ1n) is 6.34. The first-order valence-corrected chi connectivity index (χ1v) is 6.34. The lowest BCUT2D eigenvalue weighted by atomic mass is 10.1. The van der Waals surface area contributed by atoms with Crippen LogP contribution in [0.5, 0.6) is 0 Å². The second kappa shape index (κ2) is 6.74. The van der Waals surface area contributed by atoms with Crippen LogP contribution in [0.1, 0.15) is 40.0 Å². The van der Waals surface area contributed by atoms with Gasteiger partial charge in [0, 0.05) is 18.6 Å². The lowest BCUT2D eigenvalue weighted by Gasteiger charge is -2.20. The van der Waals surface area contributed by atoms with Gasteiger partial charge in [-0.15, -0.1) is 0 Å².